The second kappa shape index (κ2) is 7.28. The summed E-state index contributed by atoms with van der Waals surface area (Å²) in [6, 6.07) is 7.81. The van der Waals surface area contributed by atoms with E-state index in [1.807, 2.05) is 24.3 Å². The van der Waals surface area contributed by atoms with Crippen LogP contribution >= 0.6 is 0 Å². The van der Waals surface area contributed by atoms with Gasteiger partial charge in [0, 0.05) is 18.1 Å². The van der Waals surface area contributed by atoms with Gasteiger partial charge in [0.2, 0.25) is 14.9 Å². The molecule has 1 radical (unpaired) electrons. The van der Waals surface area contributed by atoms with Crippen LogP contribution < -0.4 is 5.32 Å². The van der Waals surface area contributed by atoms with Crippen LogP contribution in [-0.4, -0.2) is 33.4 Å². The Labute approximate surface area is 158 Å². The zero-order valence-corrected chi connectivity index (χ0v) is 17.5. The smallest absolute Gasteiger partial charge is 0.225 e. The lowest BCUT2D eigenvalue weighted by Crippen LogP contribution is -2.67. The number of hydrogen-bond acceptors (Lipinski definition) is 3. The van der Waals surface area contributed by atoms with Crippen LogP contribution in [0.1, 0.15) is 43.1 Å². The van der Waals surface area contributed by atoms with E-state index in [4.69, 9.17) is 4.43 Å². The standard InChI is InChI=1S/C21H30NO3Si/c1-21(2,3)16(12-25-26(4)5)17-18(22-20(17)24)15-11-10-13-8-6-7-9-14(13)19(15)23/h6-9,15-18H,10-12H2,1-5H3,(H,22,24)/t15-,16-,17+,18-/m1/s1. The van der Waals surface area contributed by atoms with E-state index < -0.39 is 9.04 Å². The van der Waals surface area contributed by atoms with Crippen molar-refractivity contribution >= 4 is 20.7 Å². The Bertz CT molecular complexity index is 695. The molecule has 0 bridgehead atoms. The normalized spacial score (nSPS) is 26.9. The summed E-state index contributed by atoms with van der Waals surface area (Å²) in [5.41, 5.74) is 1.92. The average Bonchev–Trinajstić information content (AvgIpc) is 2.56. The lowest BCUT2D eigenvalue weighted by molar-refractivity contribution is -0.143. The molecule has 0 spiro atoms. The minimum absolute atomic E-state index is 0.0480. The Kier molecular flexibility index (Phi) is 5.40. The Hall–Kier alpha value is -1.46. The van der Waals surface area contributed by atoms with Gasteiger partial charge in [0.25, 0.3) is 0 Å². The van der Waals surface area contributed by atoms with Gasteiger partial charge in [-0.2, -0.15) is 0 Å². The fourth-order valence-electron chi connectivity index (χ4n) is 4.31. The van der Waals surface area contributed by atoms with E-state index in [0.717, 1.165) is 24.0 Å². The van der Waals surface area contributed by atoms with Crippen LogP contribution in [0, 0.1) is 23.2 Å². The first-order chi connectivity index (χ1) is 12.2. The zero-order valence-electron chi connectivity index (χ0n) is 16.5. The van der Waals surface area contributed by atoms with Crippen molar-refractivity contribution in [2.45, 2.75) is 52.7 Å². The van der Waals surface area contributed by atoms with Gasteiger partial charge in [0.05, 0.1) is 12.0 Å². The molecule has 0 unspecified atom stereocenters. The molecule has 1 fully saturated rings. The van der Waals surface area contributed by atoms with Gasteiger partial charge in [-0.15, -0.1) is 0 Å². The molecule has 1 aromatic rings. The fourth-order valence-corrected chi connectivity index (χ4v) is 4.83. The maximum atomic E-state index is 13.1. The highest BCUT2D eigenvalue weighted by Gasteiger charge is 2.53. The summed E-state index contributed by atoms with van der Waals surface area (Å²) in [5.74, 6) is 0.115. The van der Waals surface area contributed by atoms with Crippen LogP contribution in [0.15, 0.2) is 24.3 Å². The number of carbonyl (C=O) groups excluding carboxylic acids is 2. The molecule has 1 aliphatic heterocycles. The van der Waals surface area contributed by atoms with Gasteiger partial charge in [-0.25, -0.2) is 0 Å². The summed E-state index contributed by atoms with van der Waals surface area (Å²) in [4.78, 5) is 25.6. The molecule has 4 nitrogen and oxygen atoms in total. The first kappa shape index (κ1) is 19.3. The molecule has 1 aliphatic carbocycles. The molecular formula is C21H30NO3Si. The van der Waals surface area contributed by atoms with Crippen LogP contribution in [0.5, 0.6) is 0 Å². The number of carbonyl (C=O) groups is 2. The first-order valence-electron chi connectivity index (χ1n) is 9.55. The molecule has 4 atom stereocenters. The van der Waals surface area contributed by atoms with Gasteiger partial charge in [-0.3, -0.25) is 9.59 Å². The summed E-state index contributed by atoms with van der Waals surface area (Å²) in [7, 11) is -0.814. The Morgan fingerprint density at radius 3 is 2.54 bits per heavy atom. The topological polar surface area (TPSA) is 55.4 Å². The predicted octanol–water partition coefficient (Wildman–Crippen LogP) is 3.48. The number of amides is 1. The van der Waals surface area contributed by atoms with Gasteiger partial charge < -0.3 is 9.74 Å². The summed E-state index contributed by atoms with van der Waals surface area (Å²) >= 11 is 0. The van der Waals surface area contributed by atoms with Gasteiger partial charge in [0.1, 0.15) is 0 Å². The number of β-lactam (4-membered cyclic amide) rings is 1. The average molecular weight is 373 g/mol. The number of nitrogens with one attached hydrogen (secondary N) is 1. The zero-order chi connectivity index (χ0) is 19.1. The quantitative estimate of drug-likeness (QED) is 0.636. The van der Waals surface area contributed by atoms with E-state index in [1.165, 1.54) is 0 Å². The van der Waals surface area contributed by atoms with Crippen molar-refractivity contribution in [3.63, 3.8) is 0 Å². The van der Waals surface area contributed by atoms with Crippen molar-refractivity contribution in [1.29, 1.82) is 0 Å². The van der Waals surface area contributed by atoms with Crippen molar-refractivity contribution in [2.75, 3.05) is 6.61 Å². The van der Waals surface area contributed by atoms with Gasteiger partial charge in [0.15, 0.2) is 5.78 Å². The minimum Gasteiger partial charge on any atom is -0.417 e. The number of aryl methyl sites for hydroxylation is 1. The van der Waals surface area contributed by atoms with Gasteiger partial charge in [-0.05, 0) is 42.8 Å². The van der Waals surface area contributed by atoms with E-state index in [0.29, 0.717) is 6.61 Å². The van der Waals surface area contributed by atoms with Gasteiger partial charge in [-0.1, -0.05) is 45.0 Å². The van der Waals surface area contributed by atoms with Crippen LogP contribution in [0.4, 0.5) is 0 Å². The Balaban J connectivity index is 1.82. The third kappa shape index (κ3) is 3.65. The first-order valence-corrected chi connectivity index (χ1v) is 12.0. The molecule has 1 aromatic carbocycles. The summed E-state index contributed by atoms with van der Waals surface area (Å²) in [5, 5.41) is 3.06. The number of hydrogen-bond donors (Lipinski definition) is 1. The molecule has 2 aliphatic rings. The van der Waals surface area contributed by atoms with Crippen LogP contribution in [0.3, 0.4) is 0 Å². The predicted molar refractivity (Wildman–Crippen MR) is 104 cm³/mol. The van der Waals surface area contributed by atoms with Crippen molar-refractivity contribution in [1.82, 2.24) is 5.32 Å². The molecule has 1 amide bonds. The largest absolute Gasteiger partial charge is 0.417 e. The van der Waals surface area contributed by atoms with Crippen LogP contribution in [0.25, 0.3) is 0 Å². The lowest BCUT2D eigenvalue weighted by Gasteiger charge is -2.49. The SMILES string of the molecule is C[Si](C)OC[C@H]([C@@H]1C(=O)N[C@@H]1[C@H]1CCc2ccccc2C1=O)C(C)(C)C. The van der Waals surface area contributed by atoms with E-state index in [-0.39, 0.29) is 40.9 Å². The maximum Gasteiger partial charge on any atom is 0.225 e. The third-order valence-corrected chi connectivity index (χ3v) is 6.62. The van der Waals surface area contributed by atoms with E-state index in [9.17, 15) is 9.59 Å². The van der Waals surface area contributed by atoms with Gasteiger partial charge >= 0.3 is 0 Å². The monoisotopic (exact) mass is 372 g/mol. The molecule has 5 heteroatoms. The Morgan fingerprint density at radius 2 is 1.92 bits per heavy atom. The van der Waals surface area contributed by atoms with E-state index in [1.54, 1.807) is 0 Å². The molecule has 26 heavy (non-hydrogen) atoms. The highest BCUT2D eigenvalue weighted by Crippen LogP contribution is 2.42. The highest BCUT2D eigenvalue weighted by molar-refractivity contribution is 6.48. The minimum atomic E-state index is -0.814. The summed E-state index contributed by atoms with van der Waals surface area (Å²) in [6.07, 6.45) is 1.71. The number of rotatable bonds is 5. The third-order valence-electron chi connectivity index (χ3n) is 5.87. The van der Waals surface area contributed by atoms with Crippen molar-refractivity contribution < 1.29 is 14.0 Å². The summed E-state index contributed by atoms with van der Waals surface area (Å²) < 4.78 is 5.99. The lowest BCUT2D eigenvalue weighted by atomic mass is 9.62. The molecule has 1 N–H and O–H groups in total. The van der Waals surface area contributed by atoms with E-state index in [2.05, 4.69) is 39.2 Å². The molecule has 1 saturated heterocycles. The number of ketones is 1. The van der Waals surface area contributed by atoms with Crippen molar-refractivity contribution in [3.8, 4) is 0 Å². The molecular weight excluding hydrogens is 342 g/mol. The number of benzene rings is 1. The molecule has 141 valence electrons. The second-order valence-corrected chi connectivity index (χ2v) is 11.0. The molecule has 1 heterocycles. The molecule has 0 saturated carbocycles. The highest BCUT2D eigenvalue weighted by atomic mass is 28.3. The molecule has 0 aromatic heterocycles. The number of Topliss-reactive ketones (excluding diaryl/α,β-unsaturated/α-hetero) is 1. The Morgan fingerprint density at radius 1 is 1.23 bits per heavy atom. The maximum absolute atomic E-state index is 13.1. The second-order valence-electron chi connectivity index (χ2n) is 8.92. The summed E-state index contributed by atoms with van der Waals surface area (Å²) in [6.45, 7) is 11.3. The fraction of sp³-hybridized carbons (Fsp3) is 0.619. The van der Waals surface area contributed by atoms with Crippen molar-refractivity contribution in [2.24, 2.45) is 23.2 Å². The van der Waals surface area contributed by atoms with Crippen molar-refractivity contribution in [3.05, 3.63) is 35.4 Å². The molecule has 3 rings (SSSR count). The van der Waals surface area contributed by atoms with Crippen LogP contribution in [-0.2, 0) is 15.6 Å². The van der Waals surface area contributed by atoms with Crippen LogP contribution in [0.2, 0.25) is 13.1 Å². The van der Waals surface area contributed by atoms with E-state index >= 15 is 0 Å². The number of fused-ring (bicyclic) bond motifs is 1.